The Kier molecular flexibility index (Phi) is 12.1. The zero-order chi connectivity index (χ0) is 30.6. The Hall–Kier alpha value is -4.15. The lowest BCUT2D eigenvalue weighted by atomic mass is 9.99. The molecule has 3 rings (SSSR count). The van der Waals surface area contributed by atoms with Crippen LogP contribution in [-0.4, -0.2) is 61.6 Å². The predicted molar refractivity (Wildman–Crippen MR) is 157 cm³/mol. The van der Waals surface area contributed by atoms with E-state index in [9.17, 15) is 18.8 Å². The second kappa shape index (κ2) is 15.7. The number of halogens is 1. The van der Waals surface area contributed by atoms with E-state index in [2.05, 4.69) is 31.3 Å². The van der Waals surface area contributed by atoms with Gasteiger partial charge in [0.2, 0.25) is 17.7 Å². The van der Waals surface area contributed by atoms with Crippen molar-refractivity contribution in [1.82, 2.24) is 21.3 Å². The summed E-state index contributed by atoms with van der Waals surface area (Å²) in [4.78, 5) is 42.8. The molecular weight excluding hydrogens is 541 g/mol. The minimum Gasteiger partial charge on any atom is -0.492 e. The molecule has 226 valence electrons. The van der Waals surface area contributed by atoms with Gasteiger partial charge >= 0.3 is 0 Å². The van der Waals surface area contributed by atoms with Gasteiger partial charge in [-0.05, 0) is 66.5 Å². The van der Waals surface area contributed by atoms with Crippen LogP contribution in [0, 0.1) is 17.7 Å². The molecule has 0 aliphatic carbocycles. The number of benzene rings is 2. The first kappa shape index (κ1) is 32.4. The third kappa shape index (κ3) is 9.74. The van der Waals surface area contributed by atoms with Gasteiger partial charge in [-0.15, -0.1) is 0 Å². The molecular formula is C30H40FN7O4. The van der Waals surface area contributed by atoms with E-state index in [1.807, 2.05) is 38.1 Å². The van der Waals surface area contributed by atoms with Gasteiger partial charge in [-0.25, -0.2) is 4.39 Å². The summed E-state index contributed by atoms with van der Waals surface area (Å²) in [6.45, 7) is 7.69. The highest BCUT2D eigenvalue weighted by Gasteiger charge is 2.31. The lowest BCUT2D eigenvalue weighted by molar-refractivity contribution is -0.133. The Labute approximate surface area is 245 Å². The molecule has 0 fully saturated rings. The summed E-state index contributed by atoms with van der Waals surface area (Å²) in [6, 6.07) is 10.4. The van der Waals surface area contributed by atoms with Crippen LogP contribution in [0.4, 0.5) is 4.39 Å². The van der Waals surface area contributed by atoms with Crippen LogP contribution in [0.25, 0.3) is 10.4 Å². The van der Waals surface area contributed by atoms with Crippen molar-refractivity contribution in [1.29, 1.82) is 0 Å². The van der Waals surface area contributed by atoms with Gasteiger partial charge in [-0.2, -0.15) is 0 Å². The quantitative estimate of drug-likeness (QED) is 0.243. The molecule has 0 spiro atoms. The van der Waals surface area contributed by atoms with E-state index in [1.54, 1.807) is 26.0 Å². The van der Waals surface area contributed by atoms with Gasteiger partial charge < -0.3 is 20.7 Å². The van der Waals surface area contributed by atoms with Crippen molar-refractivity contribution in [2.24, 2.45) is 17.0 Å². The van der Waals surface area contributed by atoms with Crippen molar-refractivity contribution >= 4 is 17.7 Å². The van der Waals surface area contributed by atoms with Gasteiger partial charge in [0.15, 0.2) is 0 Å². The summed E-state index contributed by atoms with van der Waals surface area (Å²) in [6.07, 6.45) is 0.780. The van der Waals surface area contributed by atoms with Crippen molar-refractivity contribution in [2.45, 2.75) is 64.7 Å². The van der Waals surface area contributed by atoms with Crippen molar-refractivity contribution in [3.8, 4) is 5.75 Å². The summed E-state index contributed by atoms with van der Waals surface area (Å²) < 4.78 is 20.1. The number of rotatable bonds is 5. The fourth-order valence-corrected chi connectivity index (χ4v) is 4.75. The summed E-state index contributed by atoms with van der Waals surface area (Å²) in [5.41, 5.74) is 10.4. The zero-order valence-electron chi connectivity index (χ0n) is 24.5. The number of amides is 3. The van der Waals surface area contributed by atoms with E-state index in [0.717, 1.165) is 5.56 Å². The second-order valence-electron chi connectivity index (χ2n) is 11.1. The van der Waals surface area contributed by atoms with Gasteiger partial charge in [0, 0.05) is 17.5 Å². The number of nitrogens with one attached hydrogen (secondary N) is 4. The monoisotopic (exact) mass is 581 g/mol. The van der Waals surface area contributed by atoms with Crippen molar-refractivity contribution in [2.75, 3.05) is 19.7 Å². The maximum Gasteiger partial charge on any atom is 0.243 e. The second-order valence-corrected chi connectivity index (χ2v) is 11.1. The number of hydrogen-bond acceptors (Lipinski definition) is 6. The summed E-state index contributed by atoms with van der Waals surface area (Å²) >= 11 is 0. The maximum atomic E-state index is 14.0. The normalized spacial score (nSPS) is 24.5. The van der Waals surface area contributed by atoms with Gasteiger partial charge in [0.1, 0.15) is 30.3 Å². The lowest BCUT2D eigenvalue weighted by Gasteiger charge is -2.29. The number of azide groups is 1. The number of carbonyl (C=O) groups excluding carboxylic acids is 3. The third-order valence-electron chi connectivity index (χ3n) is 6.99. The lowest BCUT2D eigenvalue weighted by Crippen LogP contribution is -2.59. The minimum absolute atomic E-state index is 0.0299. The van der Waals surface area contributed by atoms with E-state index >= 15 is 0 Å². The Morgan fingerprint density at radius 1 is 1.02 bits per heavy atom. The highest BCUT2D eigenvalue weighted by Crippen LogP contribution is 2.22. The van der Waals surface area contributed by atoms with Crippen LogP contribution in [0.5, 0.6) is 5.75 Å². The zero-order valence-corrected chi connectivity index (χ0v) is 24.5. The summed E-state index contributed by atoms with van der Waals surface area (Å²) in [5.74, 6) is -1.58. The minimum atomic E-state index is -1.13. The van der Waals surface area contributed by atoms with Gasteiger partial charge in [0.05, 0.1) is 12.6 Å². The molecule has 1 heterocycles. The highest BCUT2D eigenvalue weighted by atomic mass is 19.1. The molecule has 2 aromatic carbocycles. The molecule has 0 unspecified atom stereocenters. The fourth-order valence-electron chi connectivity index (χ4n) is 4.75. The van der Waals surface area contributed by atoms with Crippen LogP contribution < -0.4 is 26.0 Å². The molecule has 11 nitrogen and oxygen atoms in total. The Bertz CT molecular complexity index is 1280. The Morgan fingerprint density at radius 3 is 2.50 bits per heavy atom. The molecule has 0 bridgehead atoms. The Morgan fingerprint density at radius 2 is 1.79 bits per heavy atom. The van der Waals surface area contributed by atoms with E-state index in [4.69, 9.17) is 10.3 Å². The van der Waals surface area contributed by atoms with Crippen molar-refractivity contribution in [3.63, 3.8) is 0 Å². The predicted octanol–water partition coefficient (Wildman–Crippen LogP) is 3.04. The number of carbonyl (C=O) groups is 3. The molecule has 42 heavy (non-hydrogen) atoms. The van der Waals surface area contributed by atoms with Gasteiger partial charge in [-0.1, -0.05) is 56.2 Å². The third-order valence-corrected chi connectivity index (χ3v) is 6.99. The largest absolute Gasteiger partial charge is 0.492 e. The van der Waals surface area contributed by atoms with Crippen LogP contribution in [0.1, 0.15) is 38.8 Å². The van der Waals surface area contributed by atoms with E-state index in [1.165, 1.54) is 12.1 Å². The standard InChI is InChI=1S/C30H40FN7O4/c1-18(2)27-30(41)36-25(16-34-38-32)28(39)33-15-19(3)12-22-9-5-6-11-26(22)42-17-20(4)35-24(29(40)37-27)14-21-8-7-10-23(31)13-21/h5-11,13,18-20,24-25,27,35H,12,14-17H2,1-4H3,(H,33,39)(H,36,41)(H,37,40)/t19-,20-,24+,25-,27+/m0/s1. The van der Waals surface area contributed by atoms with Gasteiger partial charge in [-0.3, -0.25) is 19.7 Å². The molecule has 0 saturated heterocycles. The topological polar surface area (TPSA) is 157 Å². The van der Waals surface area contributed by atoms with Crippen molar-refractivity contribution in [3.05, 3.63) is 75.9 Å². The molecule has 3 amide bonds. The van der Waals surface area contributed by atoms with E-state index in [-0.39, 0.29) is 37.5 Å². The summed E-state index contributed by atoms with van der Waals surface area (Å²) in [5, 5.41) is 15.1. The first-order valence-electron chi connectivity index (χ1n) is 14.2. The van der Waals surface area contributed by atoms with Crippen molar-refractivity contribution < 1.29 is 23.5 Å². The van der Waals surface area contributed by atoms with E-state index in [0.29, 0.717) is 24.3 Å². The van der Waals surface area contributed by atoms with Crippen LogP contribution in [-0.2, 0) is 27.2 Å². The van der Waals surface area contributed by atoms with Crippen LogP contribution in [0.2, 0.25) is 0 Å². The number of ether oxygens (including phenoxy) is 1. The molecule has 2 aromatic rings. The Balaban J connectivity index is 1.95. The first-order valence-corrected chi connectivity index (χ1v) is 14.2. The summed E-state index contributed by atoms with van der Waals surface area (Å²) in [7, 11) is 0. The number of fused-ring (bicyclic) bond motifs is 1. The molecule has 1 aliphatic rings. The molecule has 12 heteroatoms. The highest BCUT2D eigenvalue weighted by molar-refractivity contribution is 5.93. The van der Waals surface area contributed by atoms with Crippen LogP contribution >= 0.6 is 0 Å². The first-order chi connectivity index (χ1) is 20.1. The average molecular weight is 582 g/mol. The van der Waals surface area contributed by atoms with Gasteiger partial charge in [0.25, 0.3) is 0 Å². The fraction of sp³-hybridized carbons (Fsp3) is 0.500. The molecule has 0 saturated carbocycles. The van der Waals surface area contributed by atoms with Crippen LogP contribution in [0.3, 0.4) is 0 Å². The molecule has 4 N–H and O–H groups in total. The molecule has 1 aliphatic heterocycles. The smallest absolute Gasteiger partial charge is 0.243 e. The van der Waals surface area contributed by atoms with Crippen LogP contribution in [0.15, 0.2) is 53.6 Å². The average Bonchev–Trinajstić information content (AvgIpc) is 2.95. The molecule has 0 radical (unpaired) electrons. The number of para-hydroxylation sites is 1. The maximum absolute atomic E-state index is 14.0. The van der Waals surface area contributed by atoms with E-state index < -0.39 is 41.7 Å². The number of nitrogens with zero attached hydrogens (tertiary/aromatic N) is 3. The molecule has 0 aromatic heterocycles. The SMILES string of the molecule is CC(C)[C@H]1NC(=O)[C@@H](Cc2cccc(F)c2)N[C@@H](C)COc2ccccc2C[C@H](C)CNC(=O)[C@H](CN=[N+]=[N-])NC1=O. The molecule has 5 atom stereocenters. The number of hydrogen-bond donors (Lipinski definition) is 4.